The minimum Gasteiger partial charge on any atom is -0.444 e. The molecule has 48 heavy (non-hydrogen) atoms. The molecule has 0 aromatic heterocycles. The summed E-state index contributed by atoms with van der Waals surface area (Å²) in [7, 11) is 0. The molecule has 2 fully saturated rings. The first-order chi connectivity index (χ1) is 22.5. The zero-order chi connectivity index (χ0) is 35.2. The Morgan fingerprint density at radius 3 is 1.25 bits per heavy atom. The fraction of sp³-hybridized carbons (Fsp3) is 0.500. The van der Waals surface area contributed by atoms with Crippen molar-refractivity contribution in [3.63, 3.8) is 0 Å². The van der Waals surface area contributed by atoms with E-state index in [4.69, 9.17) is 9.47 Å². The van der Waals surface area contributed by atoms with E-state index in [1.807, 2.05) is 0 Å². The first kappa shape index (κ1) is 36.1. The third-order valence-corrected chi connectivity index (χ3v) is 7.96. The maximum absolute atomic E-state index is 12.8. The number of likely N-dealkylation sites (tertiary alicyclic amines) is 2. The van der Waals surface area contributed by atoms with Crippen molar-refractivity contribution < 1.29 is 38.2 Å². The van der Waals surface area contributed by atoms with Crippen LogP contribution in [0.15, 0.2) is 48.5 Å². The first-order valence-corrected chi connectivity index (χ1v) is 16.3. The van der Waals surface area contributed by atoms with Crippen LogP contribution in [0.5, 0.6) is 0 Å². The number of benzene rings is 2. The molecule has 2 saturated heterocycles. The highest BCUT2D eigenvalue weighted by Crippen LogP contribution is 2.24. The molecule has 0 saturated carbocycles. The van der Waals surface area contributed by atoms with E-state index in [9.17, 15) is 28.8 Å². The van der Waals surface area contributed by atoms with Gasteiger partial charge in [0.2, 0.25) is 11.8 Å². The van der Waals surface area contributed by atoms with Crippen LogP contribution in [0.4, 0.5) is 9.59 Å². The van der Waals surface area contributed by atoms with E-state index >= 15 is 0 Å². The highest BCUT2D eigenvalue weighted by molar-refractivity contribution is 6.01. The number of ketones is 2. The van der Waals surface area contributed by atoms with E-state index < -0.39 is 35.5 Å². The highest BCUT2D eigenvalue weighted by atomic mass is 16.6. The standard InChI is InChI=1S/C36H46N4O8/c1-35(2,3)47-33(45)39-19-7-9-27(39)31(43)37-21-29(41)25-15-11-23(12-16-25)24-13-17-26(18-14-24)30(42)22-38-32(44)28-10-8-20-40(28)34(46)48-36(4,5)6/h11-18,27-28H,7-10,19-22H2,1-6H3,(H,37,43)(H,38,44)/t27-,28-/m0/s1. The normalized spacial score (nSPS) is 17.9. The van der Waals surface area contributed by atoms with Gasteiger partial charge in [0.25, 0.3) is 0 Å². The Hall–Kier alpha value is -4.74. The zero-order valence-electron chi connectivity index (χ0n) is 28.6. The van der Waals surface area contributed by atoms with Crippen molar-refractivity contribution in [1.29, 1.82) is 0 Å². The SMILES string of the molecule is CC(C)(C)OC(=O)N1CCC[C@H]1C(=O)NCC(=O)c1ccc(-c2ccc(C(=O)CNC(=O)[C@@H]3CCCN3C(=O)OC(C)(C)C)cc2)cc1. The highest BCUT2D eigenvalue weighted by Gasteiger charge is 2.38. The number of nitrogens with zero attached hydrogens (tertiary/aromatic N) is 2. The maximum atomic E-state index is 12.8. The summed E-state index contributed by atoms with van der Waals surface area (Å²) in [5.41, 5.74) is 1.14. The number of Topliss-reactive ketones (excluding diaryl/α,β-unsaturated/α-hetero) is 2. The second-order valence-corrected chi connectivity index (χ2v) is 14.1. The van der Waals surface area contributed by atoms with Gasteiger partial charge in [0.1, 0.15) is 23.3 Å². The minimum absolute atomic E-state index is 0.204. The van der Waals surface area contributed by atoms with Crippen LogP contribution in [0, 0.1) is 0 Å². The van der Waals surface area contributed by atoms with Gasteiger partial charge < -0.3 is 20.1 Å². The Morgan fingerprint density at radius 1 is 0.604 bits per heavy atom. The monoisotopic (exact) mass is 662 g/mol. The molecule has 2 aliphatic heterocycles. The Labute approximate surface area is 281 Å². The van der Waals surface area contributed by atoms with Gasteiger partial charge in [-0.05, 0) is 78.4 Å². The molecule has 2 aromatic carbocycles. The lowest BCUT2D eigenvalue weighted by atomic mass is 10.00. The van der Waals surface area contributed by atoms with Crippen LogP contribution in [0.3, 0.4) is 0 Å². The molecule has 2 aromatic rings. The predicted molar refractivity (Wildman–Crippen MR) is 178 cm³/mol. The van der Waals surface area contributed by atoms with Crippen molar-refractivity contribution in [2.45, 2.75) is 90.5 Å². The van der Waals surface area contributed by atoms with Crippen molar-refractivity contribution in [3.05, 3.63) is 59.7 Å². The second-order valence-electron chi connectivity index (χ2n) is 14.1. The van der Waals surface area contributed by atoms with Crippen LogP contribution in [0.1, 0.15) is 87.9 Å². The van der Waals surface area contributed by atoms with Gasteiger partial charge in [-0.1, -0.05) is 48.5 Å². The summed E-state index contributed by atoms with van der Waals surface area (Å²) in [6, 6.07) is 12.5. The minimum atomic E-state index is -0.678. The van der Waals surface area contributed by atoms with E-state index in [1.165, 1.54) is 9.80 Å². The lowest BCUT2D eigenvalue weighted by Gasteiger charge is -2.28. The third-order valence-electron chi connectivity index (χ3n) is 7.96. The molecule has 0 unspecified atom stereocenters. The molecule has 4 rings (SSSR count). The Morgan fingerprint density at radius 2 is 0.938 bits per heavy atom. The number of ether oxygens (including phenoxy) is 2. The third kappa shape index (κ3) is 9.65. The summed E-state index contributed by atoms with van der Waals surface area (Å²) in [5, 5.41) is 5.33. The average molecular weight is 663 g/mol. The molecule has 2 N–H and O–H groups in total. The van der Waals surface area contributed by atoms with Crippen molar-refractivity contribution in [1.82, 2.24) is 20.4 Å². The molecule has 0 spiro atoms. The fourth-order valence-electron chi connectivity index (χ4n) is 5.63. The van der Waals surface area contributed by atoms with Crippen LogP contribution in [0.2, 0.25) is 0 Å². The van der Waals surface area contributed by atoms with E-state index in [1.54, 1.807) is 90.1 Å². The van der Waals surface area contributed by atoms with Crippen LogP contribution in [-0.2, 0) is 19.1 Å². The van der Waals surface area contributed by atoms with E-state index in [0.717, 1.165) is 11.1 Å². The number of nitrogens with one attached hydrogen (secondary N) is 2. The summed E-state index contributed by atoms with van der Waals surface area (Å²) in [4.78, 5) is 79.1. The van der Waals surface area contributed by atoms with Crippen molar-refractivity contribution in [2.24, 2.45) is 0 Å². The summed E-state index contributed by atoms with van der Waals surface area (Å²) in [6.45, 7) is 11.0. The van der Waals surface area contributed by atoms with Crippen molar-refractivity contribution in [2.75, 3.05) is 26.2 Å². The van der Waals surface area contributed by atoms with Gasteiger partial charge in [-0.3, -0.25) is 29.0 Å². The number of carbonyl (C=O) groups excluding carboxylic acids is 6. The van der Waals surface area contributed by atoms with Gasteiger partial charge >= 0.3 is 12.2 Å². The van der Waals surface area contributed by atoms with E-state index in [0.29, 0.717) is 49.9 Å². The van der Waals surface area contributed by atoms with Gasteiger partial charge in [0.15, 0.2) is 11.6 Å². The molecule has 2 heterocycles. The van der Waals surface area contributed by atoms with Gasteiger partial charge in [-0.15, -0.1) is 0 Å². The molecule has 12 nitrogen and oxygen atoms in total. The lowest BCUT2D eigenvalue weighted by Crippen LogP contribution is -2.48. The van der Waals surface area contributed by atoms with Crippen LogP contribution in [0.25, 0.3) is 11.1 Å². The number of carbonyl (C=O) groups is 6. The number of hydrogen-bond acceptors (Lipinski definition) is 8. The van der Waals surface area contributed by atoms with Gasteiger partial charge in [-0.25, -0.2) is 9.59 Å². The van der Waals surface area contributed by atoms with Crippen molar-refractivity contribution in [3.8, 4) is 11.1 Å². The summed E-state index contributed by atoms with van der Waals surface area (Å²) >= 11 is 0. The maximum Gasteiger partial charge on any atom is 0.410 e. The summed E-state index contributed by atoms with van der Waals surface area (Å²) in [6.07, 6.45) is 1.27. The molecule has 12 heteroatoms. The van der Waals surface area contributed by atoms with Gasteiger partial charge in [0, 0.05) is 24.2 Å². The number of hydrogen-bond donors (Lipinski definition) is 2. The Kier molecular flexibility index (Phi) is 11.3. The molecule has 2 atom stereocenters. The molecular formula is C36H46N4O8. The average Bonchev–Trinajstić information content (AvgIpc) is 3.72. The van der Waals surface area contributed by atoms with Crippen LogP contribution >= 0.6 is 0 Å². The van der Waals surface area contributed by atoms with Crippen LogP contribution in [-0.4, -0.2) is 94.8 Å². The molecule has 258 valence electrons. The topological polar surface area (TPSA) is 151 Å². The summed E-state index contributed by atoms with van der Waals surface area (Å²) in [5.74, 6) is -1.32. The number of amides is 4. The molecular weight excluding hydrogens is 616 g/mol. The van der Waals surface area contributed by atoms with Crippen molar-refractivity contribution >= 4 is 35.6 Å². The van der Waals surface area contributed by atoms with E-state index in [2.05, 4.69) is 10.6 Å². The molecule has 0 bridgehead atoms. The molecule has 0 radical (unpaired) electrons. The largest absolute Gasteiger partial charge is 0.444 e. The first-order valence-electron chi connectivity index (χ1n) is 16.3. The number of rotatable bonds is 9. The second kappa shape index (κ2) is 15.0. The predicted octanol–water partition coefficient (Wildman–Crippen LogP) is 4.75. The fourth-order valence-corrected chi connectivity index (χ4v) is 5.63. The lowest BCUT2D eigenvalue weighted by molar-refractivity contribution is -0.125. The van der Waals surface area contributed by atoms with E-state index in [-0.39, 0.29) is 36.5 Å². The quantitative estimate of drug-likeness (QED) is 0.365. The smallest absolute Gasteiger partial charge is 0.410 e. The Bertz CT molecular complexity index is 1410. The molecule has 2 aliphatic rings. The molecule has 4 amide bonds. The zero-order valence-corrected chi connectivity index (χ0v) is 28.6. The molecule has 0 aliphatic carbocycles. The Balaban J connectivity index is 1.26. The van der Waals surface area contributed by atoms with Gasteiger partial charge in [0.05, 0.1) is 13.1 Å². The van der Waals surface area contributed by atoms with Crippen LogP contribution < -0.4 is 10.6 Å². The summed E-state index contributed by atoms with van der Waals surface area (Å²) < 4.78 is 10.8. The van der Waals surface area contributed by atoms with Gasteiger partial charge in [-0.2, -0.15) is 0 Å².